The number of carbonyl (C=O) groups excluding carboxylic acids is 2. The summed E-state index contributed by atoms with van der Waals surface area (Å²) in [7, 11) is 0. The molecule has 7 nitrogen and oxygen atoms in total. The van der Waals surface area contributed by atoms with Crippen LogP contribution in [-0.2, 0) is 16.1 Å². The van der Waals surface area contributed by atoms with Gasteiger partial charge in [0.25, 0.3) is 5.56 Å². The fraction of sp³-hybridized carbons (Fsp3) is 0.273. The summed E-state index contributed by atoms with van der Waals surface area (Å²) in [5.41, 5.74) is 3.47. The first-order valence-corrected chi connectivity index (χ1v) is 9.46. The van der Waals surface area contributed by atoms with Crippen molar-refractivity contribution in [3.8, 4) is 0 Å². The van der Waals surface area contributed by atoms with Crippen LogP contribution in [0.15, 0.2) is 47.3 Å². The van der Waals surface area contributed by atoms with Gasteiger partial charge in [-0.25, -0.2) is 4.98 Å². The zero-order chi connectivity index (χ0) is 21.1. The molecule has 0 unspecified atom stereocenters. The third-order valence-corrected chi connectivity index (χ3v) is 4.88. The van der Waals surface area contributed by atoms with Crippen molar-refractivity contribution in [2.24, 2.45) is 0 Å². The van der Waals surface area contributed by atoms with Crippen LogP contribution in [0.5, 0.6) is 0 Å². The number of benzene rings is 2. The molecule has 0 radical (unpaired) electrons. The molecule has 2 amide bonds. The molecule has 7 heteroatoms. The number of amides is 2. The molecule has 0 bridgehead atoms. The zero-order valence-electron chi connectivity index (χ0n) is 17.0. The van der Waals surface area contributed by atoms with E-state index in [0.29, 0.717) is 23.3 Å². The Morgan fingerprint density at radius 2 is 1.83 bits per heavy atom. The summed E-state index contributed by atoms with van der Waals surface area (Å²) < 4.78 is 1.36. The summed E-state index contributed by atoms with van der Waals surface area (Å²) >= 11 is 0. The highest BCUT2D eigenvalue weighted by Gasteiger charge is 2.20. The molecule has 0 atom stereocenters. The number of fused-ring (bicyclic) bond motifs is 1. The van der Waals surface area contributed by atoms with E-state index >= 15 is 0 Å². The minimum atomic E-state index is -0.476. The SMILES string of the molecule is CCN(C(C)=O)c1nc2ccccc2n(CC(=O)Nc2ccc(C)c(C)c2)c1=O. The molecule has 2 aromatic carbocycles. The lowest BCUT2D eigenvalue weighted by Gasteiger charge is -2.19. The van der Waals surface area contributed by atoms with Gasteiger partial charge in [-0.3, -0.25) is 23.9 Å². The number of para-hydroxylation sites is 2. The second-order valence-corrected chi connectivity index (χ2v) is 6.93. The van der Waals surface area contributed by atoms with Crippen molar-refractivity contribution in [3.63, 3.8) is 0 Å². The van der Waals surface area contributed by atoms with Gasteiger partial charge in [0.05, 0.1) is 11.0 Å². The summed E-state index contributed by atoms with van der Waals surface area (Å²) in [6.07, 6.45) is 0. The lowest BCUT2D eigenvalue weighted by Crippen LogP contribution is -2.38. The molecule has 3 rings (SSSR count). The van der Waals surface area contributed by atoms with Gasteiger partial charge in [0.2, 0.25) is 17.6 Å². The summed E-state index contributed by atoms with van der Waals surface area (Å²) in [4.78, 5) is 43.4. The molecule has 3 aromatic rings. The largest absolute Gasteiger partial charge is 0.325 e. The van der Waals surface area contributed by atoms with Crippen LogP contribution in [0.25, 0.3) is 11.0 Å². The first-order valence-electron chi connectivity index (χ1n) is 9.46. The normalized spacial score (nSPS) is 10.8. The number of anilines is 2. The fourth-order valence-corrected chi connectivity index (χ4v) is 3.20. The molecule has 29 heavy (non-hydrogen) atoms. The second kappa shape index (κ2) is 8.26. The van der Waals surface area contributed by atoms with Gasteiger partial charge in [-0.15, -0.1) is 0 Å². The highest BCUT2D eigenvalue weighted by atomic mass is 16.2. The summed E-state index contributed by atoms with van der Waals surface area (Å²) in [6, 6.07) is 12.7. The van der Waals surface area contributed by atoms with Gasteiger partial charge in [-0.1, -0.05) is 18.2 Å². The maximum absolute atomic E-state index is 13.1. The molecule has 0 aliphatic heterocycles. The van der Waals surface area contributed by atoms with Crippen molar-refractivity contribution >= 4 is 34.4 Å². The molecule has 1 aromatic heterocycles. The van der Waals surface area contributed by atoms with Crippen molar-refractivity contribution < 1.29 is 9.59 Å². The molecular formula is C22H24N4O3. The molecular weight excluding hydrogens is 368 g/mol. The smallest absolute Gasteiger partial charge is 0.294 e. The van der Waals surface area contributed by atoms with Crippen molar-refractivity contribution in [3.05, 3.63) is 63.9 Å². The van der Waals surface area contributed by atoms with Crippen LogP contribution < -0.4 is 15.8 Å². The van der Waals surface area contributed by atoms with E-state index in [0.717, 1.165) is 11.1 Å². The van der Waals surface area contributed by atoms with Crippen LogP contribution in [0.4, 0.5) is 11.5 Å². The van der Waals surface area contributed by atoms with Gasteiger partial charge >= 0.3 is 0 Å². The van der Waals surface area contributed by atoms with Crippen LogP contribution in [0.1, 0.15) is 25.0 Å². The first-order chi connectivity index (χ1) is 13.8. The average molecular weight is 392 g/mol. The van der Waals surface area contributed by atoms with Gasteiger partial charge < -0.3 is 5.32 Å². The molecule has 0 aliphatic carbocycles. The number of carbonyl (C=O) groups is 2. The van der Waals surface area contributed by atoms with Gasteiger partial charge in [0.15, 0.2) is 0 Å². The number of hydrogen-bond donors (Lipinski definition) is 1. The van der Waals surface area contributed by atoms with E-state index in [4.69, 9.17) is 0 Å². The Bertz CT molecular complexity index is 1150. The van der Waals surface area contributed by atoms with Gasteiger partial charge in [-0.05, 0) is 56.2 Å². The van der Waals surface area contributed by atoms with Crippen molar-refractivity contribution in [2.75, 3.05) is 16.8 Å². The molecule has 1 heterocycles. The molecule has 0 fully saturated rings. The molecule has 150 valence electrons. The summed E-state index contributed by atoms with van der Waals surface area (Å²) in [6.45, 7) is 7.26. The number of nitrogens with one attached hydrogen (secondary N) is 1. The van der Waals surface area contributed by atoms with Crippen LogP contribution in [-0.4, -0.2) is 27.9 Å². The summed E-state index contributed by atoms with van der Waals surface area (Å²) in [5.74, 6) is -0.584. The third kappa shape index (κ3) is 4.18. The zero-order valence-corrected chi connectivity index (χ0v) is 17.0. The van der Waals surface area contributed by atoms with E-state index in [9.17, 15) is 14.4 Å². The van der Waals surface area contributed by atoms with E-state index in [2.05, 4.69) is 10.3 Å². The van der Waals surface area contributed by atoms with Gasteiger partial charge in [0.1, 0.15) is 6.54 Å². The lowest BCUT2D eigenvalue weighted by atomic mass is 10.1. The standard InChI is InChI=1S/C22H24N4O3/c1-5-25(16(4)27)21-22(29)26(19-9-7-6-8-18(19)24-21)13-20(28)23-17-11-10-14(2)15(3)12-17/h6-12H,5,13H2,1-4H3,(H,23,28). The maximum Gasteiger partial charge on any atom is 0.294 e. The Morgan fingerprint density at radius 1 is 1.10 bits per heavy atom. The second-order valence-electron chi connectivity index (χ2n) is 6.93. The van der Waals surface area contributed by atoms with Crippen LogP contribution in [0, 0.1) is 13.8 Å². The predicted octanol–water partition coefficient (Wildman–Crippen LogP) is 3.02. The van der Waals surface area contributed by atoms with Crippen LogP contribution in [0.3, 0.4) is 0 Å². The number of aromatic nitrogens is 2. The van der Waals surface area contributed by atoms with Crippen molar-refractivity contribution in [2.45, 2.75) is 34.2 Å². The maximum atomic E-state index is 13.1. The first kappa shape index (κ1) is 20.3. The van der Waals surface area contributed by atoms with Gasteiger partial charge in [0, 0.05) is 19.2 Å². The number of hydrogen-bond acceptors (Lipinski definition) is 4. The Hall–Kier alpha value is -3.48. The van der Waals surface area contributed by atoms with Crippen LogP contribution >= 0.6 is 0 Å². The highest BCUT2D eigenvalue weighted by Crippen LogP contribution is 2.16. The average Bonchev–Trinajstić information content (AvgIpc) is 2.68. The van der Waals surface area contributed by atoms with Crippen LogP contribution in [0.2, 0.25) is 0 Å². The highest BCUT2D eigenvalue weighted by molar-refractivity contribution is 5.93. The van der Waals surface area contributed by atoms with E-state index in [1.54, 1.807) is 31.2 Å². The topological polar surface area (TPSA) is 84.3 Å². The Labute approximate surface area is 169 Å². The Kier molecular flexibility index (Phi) is 5.77. The Morgan fingerprint density at radius 3 is 2.48 bits per heavy atom. The minimum Gasteiger partial charge on any atom is -0.325 e. The third-order valence-electron chi connectivity index (χ3n) is 4.88. The summed E-state index contributed by atoms with van der Waals surface area (Å²) in [5, 5.41) is 2.84. The quantitative estimate of drug-likeness (QED) is 0.723. The molecule has 0 saturated carbocycles. The van der Waals surface area contributed by atoms with E-state index < -0.39 is 5.56 Å². The molecule has 0 aliphatic rings. The van der Waals surface area contributed by atoms with Crippen molar-refractivity contribution in [1.82, 2.24) is 9.55 Å². The monoisotopic (exact) mass is 392 g/mol. The molecule has 0 saturated heterocycles. The number of aryl methyl sites for hydroxylation is 2. The van der Waals surface area contributed by atoms with Gasteiger partial charge in [-0.2, -0.15) is 0 Å². The van der Waals surface area contributed by atoms with E-state index in [1.807, 2.05) is 32.0 Å². The Balaban J connectivity index is 2.02. The predicted molar refractivity (Wildman–Crippen MR) is 114 cm³/mol. The lowest BCUT2D eigenvalue weighted by molar-refractivity contribution is -0.117. The molecule has 1 N–H and O–H groups in total. The number of rotatable bonds is 5. The van der Waals surface area contributed by atoms with E-state index in [1.165, 1.54) is 16.4 Å². The van der Waals surface area contributed by atoms with E-state index in [-0.39, 0.29) is 24.2 Å². The fourth-order valence-electron chi connectivity index (χ4n) is 3.20. The molecule has 0 spiro atoms. The van der Waals surface area contributed by atoms with Crippen molar-refractivity contribution in [1.29, 1.82) is 0 Å². The minimum absolute atomic E-state index is 0.0256. The number of nitrogens with zero attached hydrogens (tertiary/aromatic N) is 3.